The number of non-ortho nitro benzene ring substituents is 1. The van der Waals surface area contributed by atoms with Crippen LogP contribution in [0.1, 0.15) is 20.8 Å². The van der Waals surface area contributed by atoms with Gasteiger partial charge < -0.3 is 4.90 Å². The maximum absolute atomic E-state index is 10.5. The first-order valence-corrected chi connectivity index (χ1v) is 5.25. The van der Waals surface area contributed by atoms with Crippen molar-refractivity contribution >= 4 is 11.4 Å². The average molecular weight is 222 g/mol. The monoisotopic (exact) mass is 222 g/mol. The predicted molar refractivity (Wildman–Crippen MR) is 65.8 cm³/mol. The van der Waals surface area contributed by atoms with E-state index in [9.17, 15) is 10.1 Å². The Morgan fingerprint density at radius 2 is 1.75 bits per heavy atom. The van der Waals surface area contributed by atoms with E-state index >= 15 is 0 Å². The summed E-state index contributed by atoms with van der Waals surface area (Å²) in [7, 11) is 1.99. The van der Waals surface area contributed by atoms with E-state index < -0.39 is 0 Å². The average Bonchev–Trinajstić information content (AvgIpc) is 2.15. The number of hydrogen-bond donors (Lipinski definition) is 0. The van der Waals surface area contributed by atoms with Gasteiger partial charge in [0.2, 0.25) is 0 Å². The first-order valence-electron chi connectivity index (χ1n) is 5.25. The summed E-state index contributed by atoms with van der Waals surface area (Å²) >= 11 is 0. The molecular weight excluding hydrogens is 204 g/mol. The lowest BCUT2D eigenvalue weighted by Crippen LogP contribution is -2.28. The number of benzene rings is 1. The van der Waals surface area contributed by atoms with Crippen molar-refractivity contribution in [2.75, 3.05) is 18.5 Å². The quantitative estimate of drug-likeness (QED) is 0.583. The second kappa shape index (κ2) is 4.51. The van der Waals surface area contributed by atoms with Gasteiger partial charge >= 0.3 is 0 Å². The van der Waals surface area contributed by atoms with Crippen molar-refractivity contribution in [1.82, 2.24) is 0 Å². The number of anilines is 1. The van der Waals surface area contributed by atoms with Crippen LogP contribution >= 0.6 is 0 Å². The van der Waals surface area contributed by atoms with E-state index in [0.29, 0.717) is 0 Å². The van der Waals surface area contributed by atoms with E-state index in [4.69, 9.17) is 0 Å². The van der Waals surface area contributed by atoms with Gasteiger partial charge in [-0.3, -0.25) is 10.1 Å². The van der Waals surface area contributed by atoms with Gasteiger partial charge in [-0.1, -0.05) is 20.8 Å². The van der Waals surface area contributed by atoms with Crippen molar-refractivity contribution < 1.29 is 4.92 Å². The van der Waals surface area contributed by atoms with Crippen LogP contribution in [0.5, 0.6) is 0 Å². The molecule has 1 rings (SSSR count). The van der Waals surface area contributed by atoms with Crippen LogP contribution in [0.3, 0.4) is 0 Å². The highest BCUT2D eigenvalue weighted by atomic mass is 16.6. The zero-order valence-electron chi connectivity index (χ0n) is 10.2. The van der Waals surface area contributed by atoms with Crippen LogP contribution in [0.4, 0.5) is 11.4 Å². The van der Waals surface area contributed by atoms with E-state index in [1.54, 1.807) is 12.1 Å². The Labute approximate surface area is 96.0 Å². The van der Waals surface area contributed by atoms with Gasteiger partial charge in [0.05, 0.1) is 4.92 Å². The zero-order valence-corrected chi connectivity index (χ0v) is 10.2. The lowest BCUT2D eigenvalue weighted by atomic mass is 9.96. The van der Waals surface area contributed by atoms with E-state index in [2.05, 4.69) is 25.7 Å². The van der Waals surface area contributed by atoms with Crippen LogP contribution in [-0.2, 0) is 0 Å². The van der Waals surface area contributed by atoms with Gasteiger partial charge in [0.1, 0.15) is 0 Å². The molecule has 0 heterocycles. The van der Waals surface area contributed by atoms with Gasteiger partial charge in [-0.05, 0) is 17.5 Å². The molecule has 1 aromatic rings. The summed E-state index contributed by atoms with van der Waals surface area (Å²) in [6.07, 6.45) is 0. The van der Waals surface area contributed by atoms with Crippen molar-refractivity contribution in [2.45, 2.75) is 20.8 Å². The van der Waals surface area contributed by atoms with Gasteiger partial charge in [0, 0.05) is 31.4 Å². The van der Waals surface area contributed by atoms with Crippen molar-refractivity contribution in [3.63, 3.8) is 0 Å². The molecule has 16 heavy (non-hydrogen) atoms. The fourth-order valence-corrected chi connectivity index (χ4v) is 1.63. The molecule has 0 N–H and O–H groups in total. The molecule has 4 nitrogen and oxygen atoms in total. The Balaban J connectivity index is 2.78. The zero-order chi connectivity index (χ0) is 12.3. The summed E-state index contributed by atoms with van der Waals surface area (Å²) in [5, 5.41) is 10.5. The molecular formula is C12H18N2O2. The molecule has 0 bridgehead atoms. The molecule has 0 saturated carbocycles. The minimum atomic E-state index is -0.381. The highest BCUT2D eigenvalue weighted by Gasteiger charge is 2.14. The third-order valence-corrected chi connectivity index (χ3v) is 2.21. The van der Waals surface area contributed by atoms with Crippen molar-refractivity contribution in [3.05, 3.63) is 34.4 Å². The van der Waals surface area contributed by atoms with Crippen molar-refractivity contribution in [2.24, 2.45) is 5.41 Å². The lowest BCUT2D eigenvalue weighted by molar-refractivity contribution is -0.384. The summed E-state index contributed by atoms with van der Waals surface area (Å²) < 4.78 is 0. The van der Waals surface area contributed by atoms with Crippen LogP contribution in [0, 0.1) is 15.5 Å². The van der Waals surface area contributed by atoms with Crippen LogP contribution in [-0.4, -0.2) is 18.5 Å². The molecule has 0 radical (unpaired) electrons. The summed E-state index contributed by atoms with van der Waals surface area (Å²) in [5.74, 6) is 0. The van der Waals surface area contributed by atoms with E-state index in [0.717, 1.165) is 12.2 Å². The van der Waals surface area contributed by atoms with E-state index in [1.807, 2.05) is 7.05 Å². The number of nitro benzene ring substituents is 1. The fraction of sp³-hybridized carbons (Fsp3) is 0.500. The normalized spacial score (nSPS) is 11.2. The molecule has 4 heteroatoms. The van der Waals surface area contributed by atoms with Crippen molar-refractivity contribution in [1.29, 1.82) is 0 Å². The molecule has 0 fully saturated rings. The highest BCUT2D eigenvalue weighted by molar-refractivity contribution is 5.50. The first kappa shape index (κ1) is 12.5. The summed E-state index contributed by atoms with van der Waals surface area (Å²) in [4.78, 5) is 12.2. The Morgan fingerprint density at radius 3 is 2.12 bits per heavy atom. The van der Waals surface area contributed by atoms with E-state index in [-0.39, 0.29) is 16.0 Å². The lowest BCUT2D eigenvalue weighted by Gasteiger charge is -2.28. The summed E-state index contributed by atoms with van der Waals surface area (Å²) in [6.45, 7) is 7.39. The predicted octanol–water partition coefficient (Wildman–Crippen LogP) is 3.08. The van der Waals surface area contributed by atoms with Gasteiger partial charge in [0.15, 0.2) is 0 Å². The second-order valence-electron chi connectivity index (χ2n) is 5.19. The molecule has 0 atom stereocenters. The third-order valence-electron chi connectivity index (χ3n) is 2.21. The minimum absolute atomic E-state index is 0.132. The van der Waals surface area contributed by atoms with Gasteiger partial charge in [-0.15, -0.1) is 0 Å². The van der Waals surface area contributed by atoms with Gasteiger partial charge in [-0.2, -0.15) is 0 Å². The second-order valence-corrected chi connectivity index (χ2v) is 5.19. The largest absolute Gasteiger partial charge is 0.374 e. The smallest absolute Gasteiger partial charge is 0.269 e. The molecule has 1 aromatic carbocycles. The van der Waals surface area contributed by atoms with Gasteiger partial charge in [-0.25, -0.2) is 0 Å². The SMILES string of the molecule is CN(CC(C)(C)C)c1ccc([N+](=O)[O-])cc1. The van der Waals surface area contributed by atoms with Crippen LogP contribution in [0.25, 0.3) is 0 Å². The Hall–Kier alpha value is -1.58. The van der Waals surface area contributed by atoms with Crippen LogP contribution in [0.15, 0.2) is 24.3 Å². The topological polar surface area (TPSA) is 46.4 Å². The highest BCUT2D eigenvalue weighted by Crippen LogP contribution is 2.22. The van der Waals surface area contributed by atoms with Crippen LogP contribution < -0.4 is 4.90 Å². The molecule has 0 amide bonds. The standard InChI is InChI=1S/C12H18N2O2/c1-12(2,3)9-13(4)10-5-7-11(8-6-10)14(15)16/h5-8H,9H2,1-4H3. The van der Waals surface area contributed by atoms with Crippen molar-refractivity contribution in [3.8, 4) is 0 Å². The number of nitro groups is 1. The maximum Gasteiger partial charge on any atom is 0.269 e. The van der Waals surface area contributed by atoms with Crippen LogP contribution in [0.2, 0.25) is 0 Å². The minimum Gasteiger partial charge on any atom is -0.374 e. The third kappa shape index (κ3) is 3.53. The summed E-state index contributed by atoms with van der Waals surface area (Å²) in [5.41, 5.74) is 1.34. The Bertz CT molecular complexity index is 366. The number of rotatable bonds is 3. The number of nitrogens with zero attached hydrogens (tertiary/aromatic N) is 2. The summed E-state index contributed by atoms with van der Waals surface area (Å²) in [6, 6.07) is 6.64. The molecule has 0 spiro atoms. The molecule has 0 aromatic heterocycles. The van der Waals surface area contributed by atoms with E-state index in [1.165, 1.54) is 12.1 Å². The number of hydrogen-bond acceptors (Lipinski definition) is 3. The van der Waals surface area contributed by atoms with Gasteiger partial charge in [0.25, 0.3) is 5.69 Å². The Kier molecular flexibility index (Phi) is 3.52. The molecule has 0 unspecified atom stereocenters. The molecule has 0 aliphatic carbocycles. The first-order chi connectivity index (χ1) is 7.29. The maximum atomic E-state index is 10.5. The molecule has 0 aliphatic heterocycles. The molecule has 0 aliphatic rings. The fourth-order valence-electron chi connectivity index (χ4n) is 1.63. The Morgan fingerprint density at radius 1 is 1.25 bits per heavy atom. The molecule has 0 saturated heterocycles. The molecule has 88 valence electrons.